The maximum atomic E-state index is 5.82. The summed E-state index contributed by atoms with van der Waals surface area (Å²) in [6.45, 7) is 2.65. The van der Waals surface area contributed by atoms with Crippen molar-refractivity contribution >= 4 is 50.4 Å². The quantitative estimate of drug-likeness (QED) is 0.856. The first kappa shape index (κ1) is 12.6. The molecule has 0 bridgehead atoms. The van der Waals surface area contributed by atoms with Crippen molar-refractivity contribution in [3.63, 3.8) is 0 Å². The summed E-state index contributed by atoms with van der Waals surface area (Å²) in [5.41, 5.74) is 6.90. The molecule has 0 aliphatic carbocycles. The normalized spacial score (nSPS) is 12.9. The number of hydrogen-bond acceptors (Lipinski definition) is 5. The van der Waals surface area contributed by atoms with Gasteiger partial charge in [-0.3, -0.25) is 0 Å². The molecule has 0 aliphatic heterocycles. The van der Waals surface area contributed by atoms with Crippen LogP contribution >= 0.6 is 50.4 Å². The lowest BCUT2D eigenvalue weighted by molar-refractivity contribution is 0.957. The van der Waals surface area contributed by atoms with Crippen LogP contribution in [0.25, 0.3) is 0 Å². The second-order valence-electron chi connectivity index (χ2n) is 3.26. The molecule has 6 heteroatoms. The lowest BCUT2D eigenvalue weighted by atomic mass is 10.3. The van der Waals surface area contributed by atoms with Gasteiger partial charge in [0, 0.05) is 32.3 Å². The Morgan fingerprint density at radius 2 is 2.31 bits per heavy atom. The van der Waals surface area contributed by atoms with Gasteiger partial charge in [-0.25, -0.2) is 4.98 Å². The van der Waals surface area contributed by atoms with E-state index < -0.39 is 0 Å². The summed E-state index contributed by atoms with van der Waals surface area (Å²) in [5, 5.41) is 4.47. The van der Waals surface area contributed by atoms with E-state index >= 15 is 0 Å². The van der Waals surface area contributed by atoms with Gasteiger partial charge in [-0.1, -0.05) is 11.8 Å². The van der Waals surface area contributed by atoms with E-state index in [0.29, 0.717) is 11.8 Å². The van der Waals surface area contributed by atoms with Gasteiger partial charge >= 0.3 is 0 Å². The average molecular weight is 335 g/mol. The zero-order valence-electron chi connectivity index (χ0n) is 8.64. The molecular weight excluding hydrogens is 324 g/mol. The molecule has 2 N–H and O–H groups in total. The third-order valence-corrected chi connectivity index (χ3v) is 6.27. The Morgan fingerprint density at radius 1 is 1.50 bits per heavy atom. The molecule has 2 aromatic rings. The molecule has 2 aromatic heterocycles. The molecule has 1 atom stereocenters. The Kier molecular flexibility index (Phi) is 4.43. The minimum Gasteiger partial charge on any atom is -0.329 e. The smallest absolute Gasteiger partial charge is 0.150 e. The van der Waals surface area contributed by atoms with Gasteiger partial charge in [-0.2, -0.15) is 0 Å². The SMILES string of the molecule is Cc1csc(SC(CN)c2cc(Br)cs2)n1. The topological polar surface area (TPSA) is 38.9 Å². The summed E-state index contributed by atoms with van der Waals surface area (Å²) in [6.07, 6.45) is 0. The van der Waals surface area contributed by atoms with Crippen LogP contribution in [0.1, 0.15) is 15.8 Å². The molecule has 0 aliphatic rings. The van der Waals surface area contributed by atoms with Crippen molar-refractivity contribution in [2.45, 2.75) is 16.5 Å². The Balaban J connectivity index is 2.12. The average Bonchev–Trinajstić information content (AvgIpc) is 2.84. The van der Waals surface area contributed by atoms with Gasteiger partial charge in [0.1, 0.15) is 0 Å². The molecule has 0 spiro atoms. The van der Waals surface area contributed by atoms with E-state index in [1.54, 1.807) is 34.4 Å². The Labute approximate surface area is 115 Å². The number of aryl methyl sites for hydroxylation is 1. The molecular formula is C10H11BrN2S3. The van der Waals surface area contributed by atoms with Gasteiger partial charge in [0.05, 0.1) is 5.25 Å². The number of nitrogens with zero attached hydrogens (tertiary/aromatic N) is 1. The van der Waals surface area contributed by atoms with Gasteiger partial charge in [-0.15, -0.1) is 22.7 Å². The molecule has 1 unspecified atom stereocenters. The first-order chi connectivity index (χ1) is 7.69. The predicted octanol–water partition coefficient (Wildman–Crippen LogP) is 4.07. The summed E-state index contributed by atoms with van der Waals surface area (Å²) in [5.74, 6) is 0. The highest BCUT2D eigenvalue weighted by atomic mass is 79.9. The van der Waals surface area contributed by atoms with E-state index in [1.165, 1.54) is 4.88 Å². The van der Waals surface area contributed by atoms with Gasteiger partial charge in [-0.05, 0) is 28.9 Å². The van der Waals surface area contributed by atoms with Gasteiger partial charge < -0.3 is 5.73 Å². The summed E-state index contributed by atoms with van der Waals surface area (Å²) >= 11 is 8.64. The molecule has 16 heavy (non-hydrogen) atoms. The maximum Gasteiger partial charge on any atom is 0.150 e. The largest absolute Gasteiger partial charge is 0.329 e. The number of thiophene rings is 1. The molecule has 0 fully saturated rings. The zero-order chi connectivity index (χ0) is 11.5. The molecule has 86 valence electrons. The first-order valence-corrected chi connectivity index (χ1v) is 8.15. The van der Waals surface area contributed by atoms with Crippen LogP contribution in [0.3, 0.4) is 0 Å². The van der Waals surface area contributed by atoms with Crippen molar-refractivity contribution in [1.29, 1.82) is 0 Å². The highest BCUT2D eigenvalue weighted by Gasteiger charge is 2.15. The lowest BCUT2D eigenvalue weighted by Gasteiger charge is -2.09. The molecule has 0 saturated heterocycles. The highest BCUT2D eigenvalue weighted by Crippen LogP contribution is 2.39. The minimum atomic E-state index is 0.307. The van der Waals surface area contributed by atoms with Gasteiger partial charge in [0.25, 0.3) is 0 Å². The van der Waals surface area contributed by atoms with Crippen LogP contribution in [-0.4, -0.2) is 11.5 Å². The van der Waals surface area contributed by atoms with E-state index in [2.05, 4.69) is 37.7 Å². The van der Waals surface area contributed by atoms with E-state index in [-0.39, 0.29) is 0 Å². The summed E-state index contributed by atoms with van der Waals surface area (Å²) < 4.78 is 2.22. The van der Waals surface area contributed by atoms with Gasteiger partial charge in [0.15, 0.2) is 4.34 Å². The van der Waals surface area contributed by atoms with Crippen LogP contribution in [0.5, 0.6) is 0 Å². The standard InChI is InChI=1S/C10H11BrN2S3/c1-6-4-15-10(13-6)16-9(3-12)8-2-7(11)5-14-8/h2,4-5,9H,3,12H2,1H3. The van der Waals surface area contributed by atoms with Crippen molar-refractivity contribution in [3.05, 3.63) is 31.9 Å². The highest BCUT2D eigenvalue weighted by molar-refractivity contribution is 9.10. The number of hydrogen-bond donors (Lipinski definition) is 1. The summed E-state index contributed by atoms with van der Waals surface area (Å²) in [7, 11) is 0. The van der Waals surface area contributed by atoms with Crippen LogP contribution in [-0.2, 0) is 0 Å². The number of thioether (sulfide) groups is 1. The number of aromatic nitrogens is 1. The Morgan fingerprint density at radius 3 is 2.81 bits per heavy atom. The minimum absolute atomic E-state index is 0.307. The van der Waals surface area contributed by atoms with Crippen LogP contribution in [0.2, 0.25) is 0 Å². The number of halogens is 1. The summed E-state index contributed by atoms with van der Waals surface area (Å²) in [6, 6.07) is 2.13. The van der Waals surface area contributed by atoms with E-state index in [1.807, 2.05) is 6.92 Å². The van der Waals surface area contributed by atoms with E-state index in [4.69, 9.17) is 5.73 Å². The van der Waals surface area contributed by atoms with Crippen molar-refractivity contribution in [2.75, 3.05) is 6.54 Å². The number of nitrogens with two attached hydrogens (primary N) is 1. The Bertz CT molecular complexity index is 466. The zero-order valence-corrected chi connectivity index (χ0v) is 12.7. The van der Waals surface area contributed by atoms with Crippen LogP contribution < -0.4 is 5.73 Å². The molecule has 0 radical (unpaired) electrons. The molecule has 2 rings (SSSR count). The fourth-order valence-electron chi connectivity index (χ4n) is 1.23. The van der Waals surface area contributed by atoms with Crippen molar-refractivity contribution in [3.8, 4) is 0 Å². The lowest BCUT2D eigenvalue weighted by Crippen LogP contribution is -2.07. The molecule has 0 saturated carbocycles. The molecule has 0 amide bonds. The molecule has 2 heterocycles. The molecule has 2 nitrogen and oxygen atoms in total. The van der Waals surface area contributed by atoms with E-state index in [0.717, 1.165) is 14.5 Å². The maximum absolute atomic E-state index is 5.82. The van der Waals surface area contributed by atoms with Crippen LogP contribution in [0, 0.1) is 6.92 Å². The van der Waals surface area contributed by atoms with Gasteiger partial charge in [0.2, 0.25) is 0 Å². The number of thiazole rings is 1. The predicted molar refractivity (Wildman–Crippen MR) is 76.5 cm³/mol. The fraction of sp³-hybridized carbons (Fsp3) is 0.300. The monoisotopic (exact) mass is 334 g/mol. The fourth-order valence-corrected chi connectivity index (χ4v) is 4.93. The number of rotatable bonds is 4. The van der Waals surface area contributed by atoms with Crippen LogP contribution in [0.15, 0.2) is 25.6 Å². The van der Waals surface area contributed by atoms with Crippen LogP contribution in [0.4, 0.5) is 0 Å². The van der Waals surface area contributed by atoms with Crippen molar-refractivity contribution in [2.24, 2.45) is 5.73 Å². The molecule has 0 aromatic carbocycles. The van der Waals surface area contributed by atoms with Crippen molar-refractivity contribution in [1.82, 2.24) is 4.98 Å². The van der Waals surface area contributed by atoms with Crippen molar-refractivity contribution < 1.29 is 0 Å². The van der Waals surface area contributed by atoms with E-state index in [9.17, 15) is 0 Å². The third kappa shape index (κ3) is 3.07. The summed E-state index contributed by atoms with van der Waals surface area (Å²) in [4.78, 5) is 5.75. The third-order valence-electron chi connectivity index (χ3n) is 1.96. The Hall–Kier alpha value is 0.120. The second kappa shape index (κ2) is 5.64. The second-order valence-corrected chi connectivity index (χ2v) is 7.43. The first-order valence-electron chi connectivity index (χ1n) is 4.72.